The summed E-state index contributed by atoms with van der Waals surface area (Å²) in [5.41, 5.74) is 0. The van der Waals surface area contributed by atoms with Crippen molar-refractivity contribution in [3.63, 3.8) is 0 Å². The van der Waals surface area contributed by atoms with Gasteiger partial charge in [0.2, 0.25) is 0 Å². The van der Waals surface area contributed by atoms with Gasteiger partial charge in [0.25, 0.3) is 0 Å². The second-order valence-electron chi connectivity index (χ2n) is 4.67. The first kappa shape index (κ1) is 13.2. The number of halogens is 2. The third kappa shape index (κ3) is 4.49. The van der Waals surface area contributed by atoms with Gasteiger partial charge in [-0.3, -0.25) is 0 Å². The fourth-order valence-electron chi connectivity index (χ4n) is 1.53. The molecule has 4 heteroatoms. The van der Waals surface area contributed by atoms with Gasteiger partial charge in [-0.05, 0) is 31.0 Å². The van der Waals surface area contributed by atoms with Crippen LogP contribution in [-0.4, -0.2) is 19.2 Å². The van der Waals surface area contributed by atoms with E-state index in [1.807, 2.05) is 18.2 Å². The van der Waals surface area contributed by atoms with Crippen molar-refractivity contribution in [1.29, 1.82) is 0 Å². The molecule has 2 rings (SSSR count). The monoisotopic (exact) mass is 317 g/mol. The van der Waals surface area contributed by atoms with Gasteiger partial charge in [-0.15, -0.1) is 0 Å². The van der Waals surface area contributed by atoms with Gasteiger partial charge in [0.15, 0.2) is 0 Å². The molecule has 1 atom stereocenters. The number of benzene rings is 1. The number of ether oxygens (including phenoxy) is 1. The molecule has 1 N–H and O–H groups in total. The summed E-state index contributed by atoms with van der Waals surface area (Å²) in [5.74, 6) is 1.24. The molecule has 0 heterocycles. The Bertz CT molecular complexity index is 382. The first-order valence-corrected chi connectivity index (χ1v) is 7.13. The van der Waals surface area contributed by atoms with Crippen molar-refractivity contribution in [2.24, 2.45) is 5.92 Å². The molecule has 94 valence electrons. The Morgan fingerprint density at radius 3 is 3.00 bits per heavy atom. The summed E-state index contributed by atoms with van der Waals surface area (Å²) in [6, 6.07) is 6.41. The fraction of sp³-hybridized carbons (Fsp3) is 0.538. The highest BCUT2D eigenvalue weighted by atomic mass is 79.9. The molecule has 1 aliphatic rings. The predicted octanol–water partition coefficient (Wildman–Crippen LogP) is 3.87. The number of hydrogen-bond acceptors (Lipinski definition) is 2. The van der Waals surface area contributed by atoms with Crippen molar-refractivity contribution >= 4 is 27.5 Å². The molecule has 0 bridgehead atoms. The summed E-state index contributed by atoms with van der Waals surface area (Å²) in [7, 11) is 0. The Labute approximate surface area is 116 Å². The molecular formula is C13H17BrClNO. The van der Waals surface area contributed by atoms with E-state index in [1.54, 1.807) is 0 Å². The third-order valence-corrected chi connectivity index (χ3v) is 3.55. The van der Waals surface area contributed by atoms with Crippen molar-refractivity contribution in [2.75, 3.05) is 13.2 Å². The Kier molecular flexibility index (Phi) is 4.71. The predicted molar refractivity (Wildman–Crippen MR) is 74.8 cm³/mol. The lowest BCUT2D eigenvalue weighted by atomic mass is 10.2. The average Bonchev–Trinajstić information content (AvgIpc) is 3.11. The van der Waals surface area contributed by atoms with E-state index in [1.165, 1.54) is 12.8 Å². The van der Waals surface area contributed by atoms with Crippen LogP contribution in [0.5, 0.6) is 5.75 Å². The van der Waals surface area contributed by atoms with Crippen LogP contribution in [-0.2, 0) is 0 Å². The molecule has 1 aromatic carbocycles. The van der Waals surface area contributed by atoms with Crippen LogP contribution in [0.15, 0.2) is 22.7 Å². The van der Waals surface area contributed by atoms with Crippen LogP contribution in [0.3, 0.4) is 0 Å². The first-order chi connectivity index (χ1) is 8.15. The highest BCUT2D eigenvalue weighted by molar-refractivity contribution is 9.10. The lowest BCUT2D eigenvalue weighted by molar-refractivity contribution is 0.255. The van der Waals surface area contributed by atoms with E-state index < -0.39 is 0 Å². The molecule has 17 heavy (non-hydrogen) atoms. The zero-order valence-electron chi connectivity index (χ0n) is 9.88. The second-order valence-corrected chi connectivity index (χ2v) is 6.00. The molecule has 0 saturated heterocycles. The Morgan fingerprint density at radius 2 is 2.29 bits per heavy atom. The summed E-state index contributed by atoms with van der Waals surface area (Å²) in [4.78, 5) is 0. The highest BCUT2D eigenvalue weighted by Crippen LogP contribution is 2.28. The summed E-state index contributed by atoms with van der Waals surface area (Å²) in [6.07, 6.45) is 2.65. The zero-order chi connectivity index (χ0) is 12.3. The smallest absolute Gasteiger partial charge is 0.139 e. The van der Waals surface area contributed by atoms with Gasteiger partial charge in [0, 0.05) is 23.0 Å². The molecule has 1 fully saturated rings. The van der Waals surface area contributed by atoms with Gasteiger partial charge in [0.05, 0.1) is 11.6 Å². The van der Waals surface area contributed by atoms with E-state index in [-0.39, 0.29) is 0 Å². The quantitative estimate of drug-likeness (QED) is 0.859. The van der Waals surface area contributed by atoms with E-state index >= 15 is 0 Å². The van der Waals surface area contributed by atoms with E-state index in [2.05, 4.69) is 28.2 Å². The van der Waals surface area contributed by atoms with E-state index in [0.29, 0.717) is 17.5 Å². The minimum atomic E-state index is 0.491. The van der Waals surface area contributed by atoms with Crippen LogP contribution < -0.4 is 10.1 Å². The highest BCUT2D eigenvalue weighted by Gasteiger charge is 2.20. The molecule has 0 amide bonds. The molecule has 0 spiro atoms. The molecule has 1 aromatic rings. The van der Waals surface area contributed by atoms with Gasteiger partial charge in [-0.1, -0.05) is 34.5 Å². The molecule has 0 radical (unpaired) electrons. The first-order valence-electron chi connectivity index (χ1n) is 5.96. The van der Waals surface area contributed by atoms with Gasteiger partial charge < -0.3 is 10.1 Å². The van der Waals surface area contributed by atoms with Crippen LogP contribution in [0.4, 0.5) is 0 Å². The van der Waals surface area contributed by atoms with Gasteiger partial charge >= 0.3 is 0 Å². The maximum absolute atomic E-state index is 6.06. The Hall–Kier alpha value is -0.250. The minimum absolute atomic E-state index is 0.491. The SMILES string of the molecule is CC(CNC1CC1)COc1cc(Br)ccc1Cl. The fourth-order valence-corrected chi connectivity index (χ4v) is 2.05. The number of nitrogens with one attached hydrogen (secondary N) is 1. The standard InChI is InChI=1S/C13H17BrClNO/c1-9(7-16-11-3-4-11)8-17-13-6-10(14)2-5-12(13)15/h2,5-6,9,11,16H,3-4,7-8H2,1H3. The molecule has 1 unspecified atom stereocenters. The molecule has 2 nitrogen and oxygen atoms in total. The lowest BCUT2D eigenvalue weighted by Gasteiger charge is -2.14. The largest absolute Gasteiger partial charge is 0.492 e. The van der Waals surface area contributed by atoms with Crippen LogP contribution in [0, 0.1) is 5.92 Å². The Balaban J connectivity index is 1.77. The maximum atomic E-state index is 6.06. The van der Waals surface area contributed by atoms with E-state index in [9.17, 15) is 0 Å². The summed E-state index contributed by atoms with van der Waals surface area (Å²) < 4.78 is 6.72. The molecule has 1 saturated carbocycles. The number of hydrogen-bond donors (Lipinski definition) is 1. The van der Waals surface area contributed by atoms with Crippen LogP contribution in [0.1, 0.15) is 19.8 Å². The van der Waals surface area contributed by atoms with Gasteiger partial charge in [-0.25, -0.2) is 0 Å². The average molecular weight is 319 g/mol. The molecule has 0 aromatic heterocycles. The zero-order valence-corrected chi connectivity index (χ0v) is 12.2. The van der Waals surface area contributed by atoms with Crippen LogP contribution >= 0.6 is 27.5 Å². The number of rotatable bonds is 6. The molecule has 0 aliphatic heterocycles. The van der Waals surface area contributed by atoms with Crippen LogP contribution in [0.2, 0.25) is 5.02 Å². The van der Waals surface area contributed by atoms with Crippen molar-refractivity contribution in [3.8, 4) is 5.75 Å². The summed E-state index contributed by atoms with van der Waals surface area (Å²) in [6.45, 7) is 3.88. The summed E-state index contributed by atoms with van der Waals surface area (Å²) >= 11 is 9.47. The second kappa shape index (κ2) is 6.07. The van der Waals surface area contributed by atoms with Gasteiger partial charge in [-0.2, -0.15) is 0 Å². The van der Waals surface area contributed by atoms with Crippen molar-refractivity contribution < 1.29 is 4.74 Å². The Morgan fingerprint density at radius 1 is 1.53 bits per heavy atom. The minimum Gasteiger partial charge on any atom is -0.492 e. The lowest BCUT2D eigenvalue weighted by Crippen LogP contribution is -2.26. The molecular weight excluding hydrogens is 302 g/mol. The van der Waals surface area contributed by atoms with E-state index in [0.717, 1.165) is 22.8 Å². The van der Waals surface area contributed by atoms with Crippen molar-refractivity contribution in [2.45, 2.75) is 25.8 Å². The van der Waals surface area contributed by atoms with E-state index in [4.69, 9.17) is 16.3 Å². The van der Waals surface area contributed by atoms with Crippen molar-refractivity contribution in [3.05, 3.63) is 27.7 Å². The van der Waals surface area contributed by atoms with Crippen LogP contribution in [0.25, 0.3) is 0 Å². The third-order valence-electron chi connectivity index (χ3n) is 2.75. The molecule has 1 aliphatic carbocycles. The summed E-state index contributed by atoms with van der Waals surface area (Å²) in [5, 5.41) is 4.16. The maximum Gasteiger partial charge on any atom is 0.139 e. The normalized spacial score (nSPS) is 16.9. The van der Waals surface area contributed by atoms with Gasteiger partial charge in [0.1, 0.15) is 5.75 Å². The van der Waals surface area contributed by atoms with Crippen molar-refractivity contribution in [1.82, 2.24) is 5.32 Å². The topological polar surface area (TPSA) is 21.3 Å².